The van der Waals surface area contributed by atoms with Gasteiger partial charge in [-0.05, 0) is 38.3 Å². The lowest BCUT2D eigenvalue weighted by Gasteiger charge is -2.37. The van der Waals surface area contributed by atoms with Crippen LogP contribution in [0.15, 0.2) is 42.5 Å². The maximum atomic E-state index is 14.3. The normalized spacial score (nSPS) is 35.4. The Kier molecular flexibility index (Phi) is 6.26. The number of aryl methyl sites for hydroxylation is 1. The fraction of sp³-hybridized carbons (Fsp3) is 0.500. The number of rotatable bonds is 3. The standard InChI is InChI=1S/C26H29ClN2O5S/c1-16-8-6-9-17(27)20(16)28-12-7-11-26-18(22(31)29(13-14-30)21(26)23(28)32)19-24(33)34-15-5-3-4-10-25(19,2)35-26/h4,6-11,18-19,21,30H,3,5,12-15H2,1-2H3/b10-4-/t18-,19-,21?,25+,26-/m0/s1. The van der Waals surface area contributed by atoms with Gasteiger partial charge in [-0.15, -0.1) is 11.8 Å². The minimum absolute atomic E-state index is 0.00551. The Morgan fingerprint density at radius 2 is 1.97 bits per heavy atom. The summed E-state index contributed by atoms with van der Waals surface area (Å²) >= 11 is 8.03. The number of allylic oxidation sites excluding steroid dienone is 1. The minimum atomic E-state index is -0.977. The predicted octanol–water partition coefficient (Wildman–Crippen LogP) is 3.12. The highest BCUT2D eigenvalue weighted by atomic mass is 35.5. The summed E-state index contributed by atoms with van der Waals surface area (Å²) in [5.74, 6) is -2.50. The number of β-amino-alcohol motifs (C(OH)–C–C–N with tert-alkyl or cyclic N) is 1. The van der Waals surface area contributed by atoms with E-state index in [1.54, 1.807) is 11.0 Å². The van der Waals surface area contributed by atoms with Gasteiger partial charge in [-0.1, -0.05) is 48.0 Å². The van der Waals surface area contributed by atoms with Gasteiger partial charge in [0.05, 0.1) is 40.5 Å². The number of para-hydroxylation sites is 1. The van der Waals surface area contributed by atoms with Crippen molar-refractivity contribution in [3.63, 3.8) is 0 Å². The molecule has 1 unspecified atom stereocenters. The summed E-state index contributed by atoms with van der Waals surface area (Å²) in [4.78, 5) is 44.6. The number of esters is 1. The molecule has 186 valence electrons. The number of likely N-dealkylation sites (tertiary alicyclic amines) is 1. The fourth-order valence-corrected chi connectivity index (χ4v) is 8.62. The highest BCUT2D eigenvalue weighted by molar-refractivity contribution is 8.02. The van der Waals surface area contributed by atoms with Crippen LogP contribution in [0.5, 0.6) is 0 Å². The molecule has 1 aromatic rings. The van der Waals surface area contributed by atoms with Crippen molar-refractivity contribution < 1.29 is 24.2 Å². The van der Waals surface area contributed by atoms with Crippen LogP contribution < -0.4 is 4.90 Å². The number of nitrogens with zero attached hydrogens (tertiary/aromatic N) is 2. The molecule has 0 aromatic heterocycles. The maximum Gasteiger partial charge on any atom is 0.311 e. The zero-order valence-corrected chi connectivity index (χ0v) is 21.3. The molecule has 2 fully saturated rings. The van der Waals surface area contributed by atoms with Crippen molar-refractivity contribution >= 4 is 46.8 Å². The Hall–Kier alpha value is -2.29. The summed E-state index contributed by atoms with van der Waals surface area (Å²) in [7, 11) is 0. The second-order valence-corrected chi connectivity index (χ2v) is 11.9. The molecule has 5 rings (SSSR count). The predicted molar refractivity (Wildman–Crippen MR) is 135 cm³/mol. The molecule has 0 radical (unpaired) electrons. The Labute approximate surface area is 214 Å². The van der Waals surface area contributed by atoms with Crippen LogP contribution >= 0.6 is 23.4 Å². The molecule has 4 heterocycles. The Morgan fingerprint density at radius 3 is 2.71 bits per heavy atom. The average molecular weight is 517 g/mol. The number of amides is 2. The minimum Gasteiger partial charge on any atom is -0.465 e. The molecule has 1 aromatic carbocycles. The van der Waals surface area contributed by atoms with Crippen molar-refractivity contribution in [2.24, 2.45) is 11.8 Å². The van der Waals surface area contributed by atoms with Crippen molar-refractivity contribution in [3.05, 3.63) is 53.1 Å². The molecular weight excluding hydrogens is 488 g/mol. The van der Waals surface area contributed by atoms with Gasteiger partial charge in [-0.2, -0.15) is 0 Å². The third-order valence-electron chi connectivity index (χ3n) is 7.55. The van der Waals surface area contributed by atoms with E-state index in [1.165, 1.54) is 16.7 Å². The molecule has 4 aliphatic heterocycles. The average Bonchev–Trinajstić information content (AvgIpc) is 3.15. The third kappa shape index (κ3) is 3.64. The van der Waals surface area contributed by atoms with Crippen LogP contribution in [-0.4, -0.2) is 69.6 Å². The van der Waals surface area contributed by atoms with Crippen LogP contribution in [0, 0.1) is 18.8 Å². The van der Waals surface area contributed by atoms with Crippen LogP contribution in [0.1, 0.15) is 25.3 Å². The smallest absolute Gasteiger partial charge is 0.311 e. The number of ether oxygens (including phenoxy) is 1. The summed E-state index contributed by atoms with van der Waals surface area (Å²) in [6, 6.07) is 4.58. The second-order valence-electron chi connectivity index (χ2n) is 9.72. The number of hydrogen-bond donors (Lipinski definition) is 1. The molecule has 0 aliphatic carbocycles. The molecule has 1 N–H and O–H groups in total. The summed E-state index contributed by atoms with van der Waals surface area (Å²) in [6.07, 6.45) is 9.41. The van der Waals surface area contributed by atoms with Crippen molar-refractivity contribution in [2.75, 3.05) is 31.2 Å². The molecule has 5 atom stereocenters. The van der Waals surface area contributed by atoms with Gasteiger partial charge in [-0.3, -0.25) is 14.4 Å². The number of aliphatic hydroxyl groups excluding tert-OH is 1. The van der Waals surface area contributed by atoms with E-state index in [4.69, 9.17) is 16.3 Å². The fourth-order valence-electron chi connectivity index (χ4n) is 6.15. The first-order valence-electron chi connectivity index (χ1n) is 12.0. The molecule has 9 heteroatoms. The number of fused-ring (bicyclic) bond motifs is 2. The Balaban J connectivity index is 1.67. The lowest BCUT2D eigenvalue weighted by Crippen LogP contribution is -2.54. The van der Waals surface area contributed by atoms with E-state index in [0.717, 1.165) is 18.4 Å². The zero-order valence-electron chi connectivity index (χ0n) is 19.8. The second kappa shape index (κ2) is 8.98. The summed E-state index contributed by atoms with van der Waals surface area (Å²) < 4.78 is 3.91. The number of hydrogen-bond acceptors (Lipinski definition) is 6. The number of aliphatic hydroxyl groups is 1. The van der Waals surface area contributed by atoms with E-state index in [1.807, 2.05) is 50.3 Å². The van der Waals surface area contributed by atoms with Crippen LogP contribution in [-0.2, 0) is 19.1 Å². The third-order valence-corrected chi connectivity index (χ3v) is 9.65. The Morgan fingerprint density at radius 1 is 1.17 bits per heavy atom. The van der Waals surface area contributed by atoms with Crippen molar-refractivity contribution in [2.45, 2.75) is 42.2 Å². The van der Waals surface area contributed by atoms with Gasteiger partial charge in [0, 0.05) is 17.8 Å². The molecule has 7 nitrogen and oxygen atoms in total. The maximum absolute atomic E-state index is 14.3. The molecule has 2 amide bonds. The van der Waals surface area contributed by atoms with E-state index in [2.05, 4.69) is 0 Å². The lowest BCUT2D eigenvalue weighted by molar-refractivity contribution is -0.154. The molecule has 35 heavy (non-hydrogen) atoms. The molecule has 4 aliphatic rings. The number of anilines is 1. The number of benzene rings is 1. The van der Waals surface area contributed by atoms with Gasteiger partial charge in [0.2, 0.25) is 5.91 Å². The zero-order chi connectivity index (χ0) is 25.0. The quantitative estimate of drug-likeness (QED) is 0.490. The number of thioether (sulfide) groups is 1. The van der Waals surface area contributed by atoms with E-state index < -0.39 is 33.3 Å². The summed E-state index contributed by atoms with van der Waals surface area (Å²) in [6.45, 7) is 4.15. The van der Waals surface area contributed by atoms with Gasteiger partial charge in [-0.25, -0.2) is 0 Å². The van der Waals surface area contributed by atoms with Gasteiger partial charge in [0.1, 0.15) is 6.04 Å². The highest BCUT2D eigenvalue weighted by Crippen LogP contribution is 2.65. The first-order chi connectivity index (χ1) is 16.7. The molecule has 0 bridgehead atoms. The summed E-state index contributed by atoms with van der Waals surface area (Å²) in [5, 5.41) is 10.3. The van der Waals surface area contributed by atoms with Crippen molar-refractivity contribution in [3.8, 4) is 0 Å². The monoisotopic (exact) mass is 516 g/mol. The lowest BCUT2D eigenvalue weighted by atomic mass is 9.74. The molecule has 2 saturated heterocycles. The molecule has 0 saturated carbocycles. The number of carbonyl (C=O) groups is 3. The first-order valence-corrected chi connectivity index (χ1v) is 13.1. The van der Waals surface area contributed by atoms with Gasteiger partial charge in [0.15, 0.2) is 0 Å². The highest BCUT2D eigenvalue weighted by Gasteiger charge is 2.73. The van der Waals surface area contributed by atoms with Crippen LogP contribution in [0.2, 0.25) is 5.02 Å². The molecular formula is C26H29ClN2O5S. The van der Waals surface area contributed by atoms with Gasteiger partial charge in [0.25, 0.3) is 5.91 Å². The van der Waals surface area contributed by atoms with E-state index in [9.17, 15) is 19.5 Å². The van der Waals surface area contributed by atoms with Gasteiger partial charge < -0.3 is 19.6 Å². The van der Waals surface area contributed by atoms with E-state index in [0.29, 0.717) is 17.3 Å². The van der Waals surface area contributed by atoms with Crippen LogP contribution in [0.4, 0.5) is 5.69 Å². The number of cyclic esters (lactones) is 1. The summed E-state index contributed by atoms with van der Waals surface area (Å²) in [5.41, 5.74) is 1.46. The van der Waals surface area contributed by atoms with Crippen molar-refractivity contribution in [1.29, 1.82) is 0 Å². The first kappa shape index (κ1) is 24.4. The van der Waals surface area contributed by atoms with Gasteiger partial charge >= 0.3 is 5.97 Å². The van der Waals surface area contributed by atoms with E-state index >= 15 is 0 Å². The number of halogens is 1. The molecule has 1 spiro atoms. The Bertz CT molecular complexity index is 1120. The van der Waals surface area contributed by atoms with Crippen molar-refractivity contribution in [1.82, 2.24) is 4.90 Å². The topological polar surface area (TPSA) is 87.2 Å². The van der Waals surface area contributed by atoms with Crippen LogP contribution in [0.25, 0.3) is 0 Å². The SMILES string of the molecule is Cc1cccc(Cl)c1N1CC=C[C@]23S[C@]4(C)/C=C\CCCOC(=O)[C@@H]4[C@H]2C(=O)N(CCO)C3C1=O. The van der Waals surface area contributed by atoms with E-state index in [-0.39, 0.29) is 31.5 Å². The number of carbonyl (C=O) groups excluding carboxylic acids is 3. The van der Waals surface area contributed by atoms with Crippen LogP contribution in [0.3, 0.4) is 0 Å². The largest absolute Gasteiger partial charge is 0.465 e.